The van der Waals surface area contributed by atoms with Crippen LogP contribution in [0.4, 0.5) is 13.2 Å². The first kappa shape index (κ1) is 24.9. The summed E-state index contributed by atoms with van der Waals surface area (Å²) in [7, 11) is 0. The van der Waals surface area contributed by atoms with Crippen molar-refractivity contribution in [3.8, 4) is 22.6 Å². The third kappa shape index (κ3) is 5.90. The van der Waals surface area contributed by atoms with Gasteiger partial charge in [-0.3, -0.25) is 0 Å². The minimum Gasteiger partial charge on any atom is -0.491 e. The standard InChI is InChI=1S/C30H31F3O2/c1-3-5-20-6-10-22(11-7-20)25-15-16-26(30(33)29(25)32)23-12-8-21(9-13-23)19-35-24-14-17-28(34-4-2)27(31)18-24/h3,5,8-9,12-18,20,22H,4,6-7,10-11,19H2,1-2H3/b5-3+. The first-order valence-corrected chi connectivity index (χ1v) is 12.2. The molecule has 3 aromatic carbocycles. The topological polar surface area (TPSA) is 18.5 Å². The van der Waals surface area contributed by atoms with Gasteiger partial charge in [0.05, 0.1) is 6.61 Å². The minimum atomic E-state index is -0.799. The first-order valence-electron chi connectivity index (χ1n) is 12.2. The molecule has 0 bridgehead atoms. The molecule has 1 fully saturated rings. The van der Waals surface area contributed by atoms with Gasteiger partial charge < -0.3 is 9.47 Å². The normalized spacial score (nSPS) is 18.1. The van der Waals surface area contributed by atoms with Crippen molar-refractivity contribution in [3.05, 3.63) is 95.3 Å². The Bertz CT molecular complexity index is 1160. The van der Waals surface area contributed by atoms with Crippen LogP contribution in [-0.2, 0) is 6.61 Å². The number of ether oxygens (including phenoxy) is 2. The number of allylic oxidation sites excluding steroid dienone is 2. The number of halogens is 3. The Morgan fingerprint density at radius 1 is 0.857 bits per heavy atom. The van der Waals surface area contributed by atoms with Gasteiger partial charge in [-0.1, -0.05) is 48.6 Å². The lowest BCUT2D eigenvalue weighted by Gasteiger charge is -2.27. The van der Waals surface area contributed by atoms with Gasteiger partial charge in [0, 0.05) is 11.6 Å². The zero-order chi connectivity index (χ0) is 24.8. The van der Waals surface area contributed by atoms with Gasteiger partial charge in [0.2, 0.25) is 0 Å². The quantitative estimate of drug-likeness (QED) is 0.301. The summed E-state index contributed by atoms with van der Waals surface area (Å²) in [6.07, 6.45) is 8.03. The van der Waals surface area contributed by atoms with Crippen molar-refractivity contribution in [3.63, 3.8) is 0 Å². The van der Waals surface area contributed by atoms with E-state index >= 15 is 8.78 Å². The smallest absolute Gasteiger partial charge is 0.168 e. The second kappa shape index (κ2) is 11.5. The predicted molar refractivity (Wildman–Crippen MR) is 133 cm³/mol. The van der Waals surface area contributed by atoms with Gasteiger partial charge >= 0.3 is 0 Å². The summed E-state index contributed by atoms with van der Waals surface area (Å²) in [5.74, 6) is -0.837. The van der Waals surface area contributed by atoms with E-state index in [0.29, 0.717) is 29.4 Å². The fourth-order valence-corrected chi connectivity index (χ4v) is 4.79. The highest BCUT2D eigenvalue weighted by Gasteiger charge is 2.25. The summed E-state index contributed by atoms with van der Waals surface area (Å²) in [6, 6.07) is 15.0. The van der Waals surface area contributed by atoms with Gasteiger partial charge in [-0.05, 0) is 80.2 Å². The van der Waals surface area contributed by atoms with Crippen LogP contribution in [-0.4, -0.2) is 6.61 Å². The Labute approximate surface area is 205 Å². The molecule has 0 radical (unpaired) electrons. The van der Waals surface area contributed by atoms with E-state index < -0.39 is 17.5 Å². The van der Waals surface area contributed by atoms with Crippen LogP contribution >= 0.6 is 0 Å². The fourth-order valence-electron chi connectivity index (χ4n) is 4.79. The fraction of sp³-hybridized carbons (Fsp3) is 0.333. The van der Waals surface area contributed by atoms with Gasteiger partial charge in [0.1, 0.15) is 12.4 Å². The number of rotatable bonds is 8. The molecule has 0 heterocycles. The van der Waals surface area contributed by atoms with E-state index in [-0.39, 0.29) is 23.8 Å². The second-order valence-corrected chi connectivity index (χ2v) is 8.98. The average molecular weight is 481 g/mol. The van der Waals surface area contributed by atoms with E-state index in [1.807, 2.05) is 6.92 Å². The molecule has 0 amide bonds. The maximum Gasteiger partial charge on any atom is 0.168 e. The van der Waals surface area contributed by atoms with Gasteiger partial charge in [0.15, 0.2) is 23.2 Å². The summed E-state index contributed by atoms with van der Waals surface area (Å²) >= 11 is 0. The number of benzene rings is 3. The van der Waals surface area contributed by atoms with E-state index in [1.54, 1.807) is 49.4 Å². The molecule has 2 nitrogen and oxygen atoms in total. The Morgan fingerprint density at radius 2 is 1.60 bits per heavy atom. The summed E-state index contributed by atoms with van der Waals surface area (Å²) in [6.45, 7) is 4.41. The van der Waals surface area contributed by atoms with Crippen molar-refractivity contribution >= 4 is 0 Å². The van der Waals surface area contributed by atoms with Crippen LogP contribution in [0.2, 0.25) is 0 Å². The van der Waals surface area contributed by atoms with Gasteiger partial charge in [0.25, 0.3) is 0 Å². The highest BCUT2D eigenvalue weighted by Crippen LogP contribution is 2.39. The Morgan fingerprint density at radius 3 is 2.26 bits per heavy atom. The molecule has 0 spiro atoms. The lowest BCUT2D eigenvalue weighted by Crippen LogP contribution is -2.13. The van der Waals surface area contributed by atoms with Crippen LogP contribution in [0, 0.1) is 23.4 Å². The van der Waals surface area contributed by atoms with E-state index in [0.717, 1.165) is 31.2 Å². The molecule has 0 unspecified atom stereocenters. The highest BCUT2D eigenvalue weighted by atomic mass is 19.2. The van der Waals surface area contributed by atoms with Crippen molar-refractivity contribution < 1.29 is 22.6 Å². The second-order valence-electron chi connectivity index (χ2n) is 8.98. The van der Waals surface area contributed by atoms with Gasteiger partial charge in [-0.2, -0.15) is 0 Å². The monoisotopic (exact) mass is 480 g/mol. The maximum atomic E-state index is 15.0. The van der Waals surface area contributed by atoms with E-state index in [2.05, 4.69) is 12.2 Å². The zero-order valence-corrected chi connectivity index (χ0v) is 20.2. The van der Waals surface area contributed by atoms with Crippen LogP contribution in [0.25, 0.3) is 11.1 Å². The largest absolute Gasteiger partial charge is 0.491 e. The molecule has 4 rings (SSSR count). The third-order valence-corrected chi connectivity index (χ3v) is 6.66. The van der Waals surface area contributed by atoms with Crippen LogP contribution in [0.5, 0.6) is 11.5 Å². The predicted octanol–water partition coefficient (Wildman–Crippen LogP) is 8.60. The van der Waals surface area contributed by atoms with Gasteiger partial charge in [-0.25, -0.2) is 13.2 Å². The molecule has 1 aliphatic rings. The molecule has 0 N–H and O–H groups in total. The summed E-state index contributed by atoms with van der Waals surface area (Å²) in [4.78, 5) is 0. The molecular formula is C30H31F3O2. The summed E-state index contributed by atoms with van der Waals surface area (Å²) in [5.41, 5.74) is 2.16. The molecule has 35 heavy (non-hydrogen) atoms. The molecule has 0 saturated heterocycles. The highest BCUT2D eigenvalue weighted by molar-refractivity contribution is 5.65. The van der Waals surface area contributed by atoms with Crippen LogP contribution < -0.4 is 9.47 Å². The Hall–Kier alpha value is -3.21. The van der Waals surface area contributed by atoms with E-state index in [4.69, 9.17) is 9.47 Å². The van der Waals surface area contributed by atoms with Gasteiger partial charge in [-0.15, -0.1) is 0 Å². The van der Waals surface area contributed by atoms with Crippen molar-refractivity contribution in [2.75, 3.05) is 6.61 Å². The molecule has 1 saturated carbocycles. The number of hydrogen-bond donors (Lipinski definition) is 0. The lowest BCUT2D eigenvalue weighted by molar-refractivity contribution is 0.297. The van der Waals surface area contributed by atoms with Crippen molar-refractivity contribution in [1.29, 1.82) is 0 Å². The van der Waals surface area contributed by atoms with Crippen LogP contribution in [0.1, 0.15) is 56.6 Å². The van der Waals surface area contributed by atoms with Crippen molar-refractivity contribution in [1.82, 2.24) is 0 Å². The summed E-state index contributed by atoms with van der Waals surface area (Å²) < 4.78 is 54.9. The molecular weight excluding hydrogens is 449 g/mol. The van der Waals surface area contributed by atoms with Crippen LogP contribution in [0.3, 0.4) is 0 Å². The molecule has 0 atom stereocenters. The SMILES string of the molecule is C/C=C/C1CCC(c2ccc(-c3ccc(COc4ccc(OCC)c(F)c4)cc3)c(F)c2F)CC1. The molecule has 3 aromatic rings. The molecule has 184 valence electrons. The summed E-state index contributed by atoms with van der Waals surface area (Å²) in [5, 5.41) is 0. The van der Waals surface area contributed by atoms with E-state index in [9.17, 15) is 4.39 Å². The van der Waals surface area contributed by atoms with E-state index in [1.165, 1.54) is 12.1 Å². The zero-order valence-electron chi connectivity index (χ0n) is 20.2. The molecule has 1 aliphatic carbocycles. The first-order chi connectivity index (χ1) is 17.0. The van der Waals surface area contributed by atoms with Crippen molar-refractivity contribution in [2.24, 2.45) is 5.92 Å². The number of hydrogen-bond acceptors (Lipinski definition) is 2. The Kier molecular flexibility index (Phi) is 8.17. The molecule has 0 aromatic heterocycles. The lowest BCUT2D eigenvalue weighted by atomic mass is 9.78. The van der Waals surface area contributed by atoms with Crippen molar-refractivity contribution in [2.45, 2.75) is 52.1 Å². The maximum absolute atomic E-state index is 15.0. The average Bonchev–Trinajstić information content (AvgIpc) is 2.87. The van der Waals surface area contributed by atoms with Crippen LogP contribution in [0.15, 0.2) is 66.7 Å². The molecule has 0 aliphatic heterocycles. The minimum absolute atomic E-state index is 0.0621. The molecule has 5 heteroatoms. The Balaban J connectivity index is 1.42. The third-order valence-electron chi connectivity index (χ3n) is 6.66.